The molecule has 3 aromatic rings. The van der Waals surface area contributed by atoms with Gasteiger partial charge in [-0.2, -0.15) is 19.6 Å². The largest absolute Gasteiger partial charge is 0.288 e. The summed E-state index contributed by atoms with van der Waals surface area (Å²) >= 11 is 6.29. The molecule has 10 heteroatoms. The third-order valence-electron chi connectivity index (χ3n) is 4.94. The number of fused-ring (bicyclic) bond motifs is 3. The van der Waals surface area contributed by atoms with E-state index in [1.807, 2.05) is 5.01 Å². The third-order valence-corrected chi connectivity index (χ3v) is 5.21. The van der Waals surface area contributed by atoms with Gasteiger partial charge >= 0.3 is 0 Å². The summed E-state index contributed by atoms with van der Waals surface area (Å²) in [5.41, 5.74) is 2.89. The number of rotatable bonds is 2. The highest BCUT2D eigenvalue weighted by Crippen LogP contribution is 2.43. The van der Waals surface area contributed by atoms with E-state index in [0.29, 0.717) is 18.0 Å². The molecule has 2 unspecified atom stereocenters. The van der Waals surface area contributed by atoms with Crippen LogP contribution in [0.2, 0.25) is 5.15 Å². The van der Waals surface area contributed by atoms with Crippen LogP contribution in [0.5, 0.6) is 0 Å². The Hall–Kier alpha value is -2.39. The zero-order chi connectivity index (χ0) is 18.0. The summed E-state index contributed by atoms with van der Waals surface area (Å²) in [4.78, 5) is 8.11. The number of nitrogens with zero attached hydrogens (tertiary/aromatic N) is 5. The molecule has 2 aliphatic rings. The van der Waals surface area contributed by atoms with E-state index in [1.165, 1.54) is 10.8 Å². The van der Waals surface area contributed by atoms with Crippen molar-refractivity contribution in [1.82, 2.24) is 25.0 Å². The standard InChI is InChI=1S/C16H12ClF3N6/c17-14-13(12-10(19)3-7(18)4-11(12)20)15(26-16(23-14)21-6-22-26)25-9-2-1-8(5-9)24-25/h3-4,6,8-9,24H,1-2,5H2. The summed E-state index contributed by atoms with van der Waals surface area (Å²) in [5.74, 6) is -2.57. The van der Waals surface area contributed by atoms with E-state index in [9.17, 15) is 13.2 Å². The Balaban J connectivity index is 1.83. The van der Waals surface area contributed by atoms with E-state index in [0.717, 1.165) is 19.3 Å². The summed E-state index contributed by atoms with van der Waals surface area (Å²) in [5, 5.41) is 5.83. The van der Waals surface area contributed by atoms with Crippen LogP contribution in [0.4, 0.5) is 19.0 Å². The van der Waals surface area contributed by atoms with Gasteiger partial charge in [0.05, 0.1) is 11.1 Å². The van der Waals surface area contributed by atoms with Crippen LogP contribution in [0, 0.1) is 17.5 Å². The van der Waals surface area contributed by atoms with Gasteiger partial charge in [-0.1, -0.05) is 11.6 Å². The second kappa shape index (κ2) is 5.55. The minimum absolute atomic E-state index is 0.0136. The molecule has 1 aliphatic carbocycles. The van der Waals surface area contributed by atoms with Crippen LogP contribution >= 0.6 is 11.6 Å². The Morgan fingerprint density at radius 2 is 1.88 bits per heavy atom. The monoisotopic (exact) mass is 380 g/mol. The Morgan fingerprint density at radius 1 is 1.12 bits per heavy atom. The lowest BCUT2D eigenvalue weighted by atomic mass is 10.1. The van der Waals surface area contributed by atoms with Crippen LogP contribution in [0.1, 0.15) is 19.3 Å². The first-order valence-corrected chi connectivity index (χ1v) is 8.50. The van der Waals surface area contributed by atoms with Crippen molar-refractivity contribution in [2.45, 2.75) is 31.3 Å². The number of nitrogens with one attached hydrogen (secondary N) is 1. The van der Waals surface area contributed by atoms with Gasteiger partial charge in [-0.25, -0.2) is 18.6 Å². The van der Waals surface area contributed by atoms with Gasteiger partial charge in [0.2, 0.25) is 0 Å². The zero-order valence-electron chi connectivity index (χ0n) is 13.3. The highest BCUT2D eigenvalue weighted by atomic mass is 35.5. The Labute approximate surface area is 150 Å². The van der Waals surface area contributed by atoms with E-state index < -0.39 is 23.0 Å². The summed E-state index contributed by atoms with van der Waals surface area (Å²) in [7, 11) is 0. The normalized spacial score (nSPS) is 21.9. The predicted octanol–water partition coefficient (Wildman–Crippen LogP) is 3.11. The first-order valence-electron chi connectivity index (χ1n) is 8.12. The van der Waals surface area contributed by atoms with E-state index in [1.54, 1.807) is 0 Å². The maximum absolute atomic E-state index is 14.5. The van der Waals surface area contributed by atoms with Crippen molar-refractivity contribution in [2.75, 3.05) is 5.01 Å². The maximum atomic E-state index is 14.5. The molecule has 5 rings (SSSR count). The number of aromatic nitrogens is 4. The van der Waals surface area contributed by atoms with Crippen LogP contribution in [-0.4, -0.2) is 31.7 Å². The fraction of sp³-hybridized carbons (Fsp3) is 0.312. The van der Waals surface area contributed by atoms with Gasteiger partial charge in [-0.05, 0) is 19.3 Å². The number of anilines is 1. The van der Waals surface area contributed by atoms with Crippen molar-refractivity contribution >= 4 is 23.2 Å². The molecule has 2 fully saturated rings. The number of halogens is 4. The molecule has 6 nitrogen and oxygen atoms in total. The summed E-state index contributed by atoms with van der Waals surface area (Å²) in [6.07, 6.45) is 4.15. The molecule has 0 amide bonds. The molecule has 1 saturated carbocycles. The molecule has 0 radical (unpaired) electrons. The lowest BCUT2D eigenvalue weighted by Gasteiger charge is -2.31. The van der Waals surface area contributed by atoms with Gasteiger partial charge in [-0.3, -0.25) is 5.01 Å². The number of benzene rings is 1. The first kappa shape index (κ1) is 15.8. The maximum Gasteiger partial charge on any atom is 0.255 e. The van der Waals surface area contributed by atoms with Crippen LogP contribution in [-0.2, 0) is 0 Å². The molecule has 1 aromatic carbocycles. The van der Waals surface area contributed by atoms with Crippen molar-refractivity contribution in [3.63, 3.8) is 0 Å². The van der Waals surface area contributed by atoms with Crippen LogP contribution in [0.25, 0.3) is 16.9 Å². The van der Waals surface area contributed by atoms with Crippen molar-refractivity contribution in [1.29, 1.82) is 0 Å². The minimum atomic E-state index is -1.06. The fourth-order valence-corrected chi connectivity index (χ4v) is 4.12. The molecule has 1 N–H and O–H groups in total. The van der Waals surface area contributed by atoms with Crippen LogP contribution < -0.4 is 10.4 Å². The number of hydrazine groups is 1. The van der Waals surface area contributed by atoms with Gasteiger partial charge < -0.3 is 0 Å². The molecular weight excluding hydrogens is 369 g/mol. The van der Waals surface area contributed by atoms with Gasteiger partial charge in [0.25, 0.3) is 5.78 Å². The molecule has 2 aromatic heterocycles. The molecule has 1 aliphatic heterocycles. The van der Waals surface area contributed by atoms with E-state index in [4.69, 9.17) is 11.6 Å². The predicted molar refractivity (Wildman–Crippen MR) is 88.1 cm³/mol. The Morgan fingerprint density at radius 3 is 2.54 bits per heavy atom. The minimum Gasteiger partial charge on any atom is -0.288 e. The lowest BCUT2D eigenvalue weighted by Crippen LogP contribution is -2.44. The Bertz CT molecular complexity index is 1020. The van der Waals surface area contributed by atoms with Gasteiger partial charge in [0.15, 0.2) is 5.82 Å². The SMILES string of the molecule is Fc1cc(F)c(-c2c(Cl)nc3ncnn3c2N2NC3CCC2C3)c(F)c1. The van der Waals surface area contributed by atoms with E-state index >= 15 is 0 Å². The average Bonchev–Trinajstić information content (AvgIpc) is 3.30. The molecule has 1 saturated heterocycles. The first-order chi connectivity index (χ1) is 12.5. The third kappa shape index (κ3) is 2.20. The number of hydrogen-bond acceptors (Lipinski definition) is 5. The second-order valence-electron chi connectivity index (χ2n) is 6.48. The molecule has 2 bridgehead atoms. The zero-order valence-corrected chi connectivity index (χ0v) is 14.0. The van der Waals surface area contributed by atoms with Crippen molar-refractivity contribution in [3.8, 4) is 11.1 Å². The highest BCUT2D eigenvalue weighted by molar-refractivity contribution is 6.33. The second-order valence-corrected chi connectivity index (χ2v) is 6.84. The van der Waals surface area contributed by atoms with Crippen LogP contribution in [0.3, 0.4) is 0 Å². The highest BCUT2D eigenvalue weighted by Gasteiger charge is 2.41. The van der Waals surface area contributed by atoms with Crippen molar-refractivity contribution in [2.24, 2.45) is 0 Å². The molecule has 26 heavy (non-hydrogen) atoms. The van der Waals surface area contributed by atoms with Gasteiger partial charge in [0, 0.05) is 24.2 Å². The molecule has 3 heterocycles. The average molecular weight is 381 g/mol. The summed E-state index contributed by atoms with van der Waals surface area (Å²) in [6.45, 7) is 0. The van der Waals surface area contributed by atoms with Gasteiger partial charge in [-0.15, -0.1) is 0 Å². The molecule has 2 atom stereocenters. The molecule has 134 valence electrons. The Kier molecular flexibility index (Phi) is 3.38. The van der Waals surface area contributed by atoms with Crippen LogP contribution in [0.15, 0.2) is 18.5 Å². The van der Waals surface area contributed by atoms with Gasteiger partial charge in [0.1, 0.15) is 28.9 Å². The van der Waals surface area contributed by atoms with Crippen molar-refractivity contribution in [3.05, 3.63) is 41.1 Å². The van der Waals surface area contributed by atoms with E-state index in [2.05, 4.69) is 20.5 Å². The fourth-order valence-electron chi connectivity index (χ4n) is 3.87. The van der Waals surface area contributed by atoms with Crippen molar-refractivity contribution < 1.29 is 13.2 Å². The smallest absolute Gasteiger partial charge is 0.255 e. The quantitative estimate of drug-likeness (QED) is 0.692. The lowest BCUT2D eigenvalue weighted by molar-refractivity contribution is 0.495. The van der Waals surface area contributed by atoms with E-state index in [-0.39, 0.29) is 28.6 Å². The topological polar surface area (TPSA) is 58.4 Å². The number of hydrogen-bond donors (Lipinski definition) is 1. The summed E-state index contributed by atoms with van der Waals surface area (Å²) < 4.78 is 43.8. The summed E-state index contributed by atoms with van der Waals surface area (Å²) in [6, 6.07) is 1.65. The molecule has 0 spiro atoms. The molecular formula is C16H12ClF3N6.